The van der Waals surface area contributed by atoms with Gasteiger partial charge in [-0.05, 0) is 19.1 Å². The first kappa shape index (κ1) is 18.7. The predicted octanol–water partition coefficient (Wildman–Crippen LogP) is 2.45. The maximum atomic E-state index is 12.6. The van der Waals surface area contributed by atoms with E-state index in [1.165, 1.54) is 6.07 Å². The van der Waals surface area contributed by atoms with E-state index in [1.54, 1.807) is 28.9 Å². The van der Waals surface area contributed by atoms with Crippen LogP contribution in [0.2, 0.25) is 0 Å². The minimum atomic E-state index is -1.11. The Kier molecular flexibility index (Phi) is 5.30. The molecule has 0 atom stereocenters. The molecule has 142 valence electrons. The lowest BCUT2D eigenvalue weighted by Crippen LogP contribution is -2.50. The van der Waals surface area contributed by atoms with E-state index in [2.05, 4.69) is 0 Å². The number of rotatable bonds is 4. The first-order chi connectivity index (χ1) is 12.9. The Bertz CT molecular complexity index is 861. The fraction of sp³-hybridized carbons (Fsp3) is 0.350. The number of hydrogen-bond donors (Lipinski definition) is 1. The normalized spacial score (nSPS) is 14.3. The number of carboxylic acid groups (broad SMARTS) is 1. The Morgan fingerprint density at radius 3 is 2.04 bits per heavy atom. The van der Waals surface area contributed by atoms with Gasteiger partial charge in [0.05, 0.1) is 0 Å². The number of carboxylic acids is 1. The molecule has 1 aliphatic rings. The Morgan fingerprint density at radius 1 is 1.00 bits per heavy atom. The molecule has 7 heteroatoms. The molecule has 1 fully saturated rings. The molecule has 1 N–H and O–H groups in total. The molecule has 2 heterocycles. The largest absolute Gasteiger partial charge is 0.478 e. The van der Waals surface area contributed by atoms with Crippen LogP contribution in [0.5, 0.6) is 0 Å². The number of piperazine rings is 1. The zero-order valence-corrected chi connectivity index (χ0v) is 15.4. The second-order valence-corrected chi connectivity index (χ2v) is 6.56. The number of amides is 2. The van der Waals surface area contributed by atoms with Crippen LogP contribution in [0.15, 0.2) is 34.7 Å². The third-order valence-electron chi connectivity index (χ3n) is 4.72. The molecule has 1 saturated heterocycles. The number of aromatic carboxylic acids is 1. The number of carbonyl (C=O) groups is 3. The van der Waals surface area contributed by atoms with Crippen molar-refractivity contribution in [2.45, 2.75) is 20.3 Å². The van der Waals surface area contributed by atoms with E-state index in [0.29, 0.717) is 43.9 Å². The maximum absolute atomic E-state index is 12.6. The van der Waals surface area contributed by atoms with Gasteiger partial charge in [0.2, 0.25) is 0 Å². The molecule has 0 saturated carbocycles. The quantitative estimate of drug-likeness (QED) is 0.893. The molecule has 0 aliphatic carbocycles. The van der Waals surface area contributed by atoms with Gasteiger partial charge in [0.15, 0.2) is 5.76 Å². The van der Waals surface area contributed by atoms with Crippen molar-refractivity contribution in [2.75, 3.05) is 26.2 Å². The average molecular weight is 370 g/mol. The molecule has 0 bridgehead atoms. The van der Waals surface area contributed by atoms with Gasteiger partial charge in [0.1, 0.15) is 11.3 Å². The summed E-state index contributed by atoms with van der Waals surface area (Å²) in [7, 11) is 0. The monoisotopic (exact) mass is 370 g/mol. The number of furan rings is 1. The standard InChI is InChI=1S/C20H22N2O5/c1-3-16-15(20(25)26)12-17(27-16)19(24)22-10-8-21(9-11-22)18(23)14-6-4-13(2)5-7-14/h4-7,12H,3,8-11H2,1-2H3,(H,25,26). The van der Waals surface area contributed by atoms with E-state index in [-0.39, 0.29) is 23.1 Å². The fourth-order valence-corrected chi connectivity index (χ4v) is 3.12. The lowest BCUT2D eigenvalue weighted by Gasteiger charge is -2.34. The van der Waals surface area contributed by atoms with Crippen LogP contribution in [0.4, 0.5) is 0 Å². The minimum Gasteiger partial charge on any atom is -0.478 e. The summed E-state index contributed by atoms with van der Waals surface area (Å²) in [6, 6.07) is 8.69. The first-order valence-electron chi connectivity index (χ1n) is 8.92. The van der Waals surface area contributed by atoms with Crippen LogP contribution in [-0.2, 0) is 6.42 Å². The lowest BCUT2D eigenvalue weighted by molar-refractivity contribution is 0.0517. The summed E-state index contributed by atoms with van der Waals surface area (Å²) in [6.07, 6.45) is 0.397. The van der Waals surface area contributed by atoms with Gasteiger partial charge in [-0.15, -0.1) is 0 Å². The van der Waals surface area contributed by atoms with Crippen LogP contribution < -0.4 is 0 Å². The highest BCUT2D eigenvalue weighted by atomic mass is 16.4. The Balaban J connectivity index is 1.65. The zero-order chi connectivity index (χ0) is 19.6. The summed E-state index contributed by atoms with van der Waals surface area (Å²) >= 11 is 0. The van der Waals surface area contributed by atoms with Gasteiger partial charge in [-0.25, -0.2) is 4.79 Å². The Labute approximate surface area is 157 Å². The Hall–Kier alpha value is -3.09. The summed E-state index contributed by atoms with van der Waals surface area (Å²) in [5, 5.41) is 9.19. The fourth-order valence-electron chi connectivity index (χ4n) is 3.12. The molecule has 2 amide bonds. The number of carbonyl (C=O) groups excluding carboxylic acids is 2. The average Bonchev–Trinajstić information content (AvgIpc) is 3.12. The smallest absolute Gasteiger partial charge is 0.339 e. The summed E-state index contributed by atoms with van der Waals surface area (Å²) in [5.74, 6) is -1.19. The molecule has 7 nitrogen and oxygen atoms in total. The molecular formula is C20H22N2O5. The molecule has 0 spiro atoms. The van der Waals surface area contributed by atoms with Crippen LogP contribution in [0.25, 0.3) is 0 Å². The number of aryl methyl sites for hydroxylation is 2. The highest BCUT2D eigenvalue weighted by Gasteiger charge is 2.28. The van der Waals surface area contributed by atoms with Gasteiger partial charge in [0.25, 0.3) is 11.8 Å². The molecule has 0 radical (unpaired) electrons. The number of benzene rings is 1. The third kappa shape index (κ3) is 3.86. The van der Waals surface area contributed by atoms with E-state index in [1.807, 2.05) is 19.1 Å². The molecule has 3 rings (SSSR count). The van der Waals surface area contributed by atoms with Crippen molar-refractivity contribution < 1.29 is 23.9 Å². The summed E-state index contributed by atoms with van der Waals surface area (Å²) in [5.41, 5.74) is 1.74. The highest BCUT2D eigenvalue weighted by Crippen LogP contribution is 2.19. The first-order valence-corrected chi connectivity index (χ1v) is 8.92. The van der Waals surface area contributed by atoms with Gasteiger partial charge in [0, 0.05) is 44.2 Å². The summed E-state index contributed by atoms with van der Waals surface area (Å²) < 4.78 is 5.44. The number of nitrogens with zero attached hydrogens (tertiary/aromatic N) is 2. The van der Waals surface area contributed by atoms with Crippen molar-refractivity contribution in [3.8, 4) is 0 Å². The zero-order valence-electron chi connectivity index (χ0n) is 15.4. The van der Waals surface area contributed by atoms with Gasteiger partial charge in [-0.2, -0.15) is 0 Å². The van der Waals surface area contributed by atoms with E-state index >= 15 is 0 Å². The summed E-state index contributed by atoms with van der Waals surface area (Å²) in [4.78, 5) is 39.7. The molecule has 2 aromatic rings. The van der Waals surface area contributed by atoms with Gasteiger partial charge < -0.3 is 19.3 Å². The van der Waals surface area contributed by atoms with E-state index < -0.39 is 5.97 Å². The van der Waals surface area contributed by atoms with E-state index in [9.17, 15) is 19.5 Å². The highest BCUT2D eigenvalue weighted by molar-refractivity contribution is 5.97. The molecule has 1 aromatic heterocycles. The predicted molar refractivity (Wildman–Crippen MR) is 98.0 cm³/mol. The number of hydrogen-bond acceptors (Lipinski definition) is 4. The maximum Gasteiger partial charge on any atom is 0.339 e. The van der Waals surface area contributed by atoms with Crippen molar-refractivity contribution in [2.24, 2.45) is 0 Å². The van der Waals surface area contributed by atoms with Crippen molar-refractivity contribution in [3.05, 3.63) is 58.5 Å². The van der Waals surface area contributed by atoms with Crippen LogP contribution >= 0.6 is 0 Å². The third-order valence-corrected chi connectivity index (χ3v) is 4.72. The molecule has 27 heavy (non-hydrogen) atoms. The Morgan fingerprint density at radius 2 is 1.56 bits per heavy atom. The van der Waals surface area contributed by atoms with Crippen molar-refractivity contribution in [3.63, 3.8) is 0 Å². The van der Waals surface area contributed by atoms with Crippen molar-refractivity contribution in [1.82, 2.24) is 9.80 Å². The van der Waals surface area contributed by atoms with Gasteiger partial charge in [-0.3, -0.25) is 9.59 Å². The topological polar surface area (TPSA) is 91.1 Å². The van der Waals surface area contributed by atoms with E-state index in [0.717, 1.165) is 5.56 Å². The summed E-state index contributed by atoms with van der Waals surface area (Å²) in [6.45, 7) is 5.33. The SMILES string of the molecule is CCc1oc(C(=O)N2CCN(C(=O)c3ccc(C)cc3)CC2)cc1C(=O)O. The van der Waals surface area contributed by atoms with E-state index in [4.69, 9.17) is 4.42 Å². The van der Waals surface area contributed by atoms with Gasteiger partial charge >= 0.3 is 5.97 Å². The molecule has 1 aromatic carbocycles. The second-order valence-electron chi connectivity index (χ2n) is 6.56. The van der Waals surface area contributed by atoms with Crippen LogP contribution in [-0.4, -0.2) is 58.9 Å². The minimum absolute atomic E-state index is 0.0223. The molecule has 0 unspecified atom stereocenters. The van der Waals surface area contributed by atoms with Gasteiger partial charge in [-0.1, -0.05) is 24.6 Å². The molecular weight excluding hydrogens is 348 g/mol. The van der Waals surface area contributed by atoms with Crippen molar-refractivity contribution in [1.29, 1.82) is 0 Å². The second kappa shape index (κ2) is 7.65. The van der Waals surface area contributed by atoms with Crippen molar-refractivity contribution >= 4 is 17.8 Å². The lowest BCUT2D eigenvalue weighted by atomic mass is 10.1. The van der Waals surface area contributed by atoms with Crippen LogP contribution in [0, 0.1) is 6.92 Å². The molecule has 1 aliphatic heterocycles. The van der Waals surface area contributed by atoms with Crippen LogP contribution in [0.1, 0.15) is 49.5 Å². The van der Waals surface area contributed by atoms with Crippen LogP contribution in [0.3, 0.4) is 0 Å².